The topological polar surface area (TPSA) is 185 Å². The predicted octanol–water partition coefficient (Wildman–Crippen LogP) is 3.88. The van der Waals surface area contributed by atoms with E-state index in [1.54, 1.807) is 13.8 Å². The molecule has 3 aromatic rings. The first-order valence-corrected chi connectivity index (χ1v) is 18.9. The van der Waals surface area contributed by atoms with Crippen molar-refractivity contribution < 1.29 is 37.4 Å². The molecule has 12 nitrogen and oxygen atoms in total. The number of nitrogens with zero attached hydrogens (tertiary/aromatic N) is 1. The third-order valence-corrected chi connectivity index (χ3v) is 10.3. The highest BCUT2D eigenvalue weighted by molar-refractivity contribution is 7.89. The molecule has 0 saturated carbocycles. The summed E-state index contributed by atoms with van der Waals surface area (Å²) in [6.07, 6.45) is 2.78. The van der Waals surface area contributed by atoms with Crippen LogP contribution in [0.25, 0.3) is 0 Å². The summed E-state index contributed by atoms with van der Waals surface area (Å²) in [7, 11) is -4.14. The minimum atomic E-state index is -4.14. The van der Waals surface area contributed by atoms with Crippen LogP contribution < -0.4 is 15.8 Å². The van der Waals surface area contributed by atoms with Gasteiger partial charge < -0.3 is 20.1 Å². The minimum absolute atomic E-state index is 0.0517. The first-order valence-electron chi connectivity index (χ1n) is 17.0. The zero-order valence-corrected chi connectivity index (χ0v) is 30.3. The second-order valence-corrected chi connectivity index (χ2v) is 14.5. The molecule has 0 radical (unpaired) electrons. The Bertz CT molecular complexity index is 1780. The number of benzene rings is 3. The van der Waals surface area contributed by atoms with Crippen LogP contribution in [0.2, 0.25) is 5.02 Å². The van der Waals surface area contributed by atoms with E-state index in [-0.39, 0.29) is 35.1 Å². The molecule has 0 heterocycles. The van der Waals surface area contributed by atoms with Crippen LogP contribution in [-0.2, 0) is 48.4 Å². The van der Waals surface area contributed by atoms with E-state index in [0.717, 1.165) is 22.8 Å². The summed E-state index contributed by atoms with van der Waals surface area (Å²) in [5.41, 5.74) is 3.18. The van der Waals surface area contributed by atoms with E-state index >= 15 is 0 Å². The number of nitrogens with one attached hydrogen (secondary N) is 2. The Morgan fingerprint density at radius 2 is 1.63 bits per heavy atom. The van der Waals surface area contributed by atoms with E-state index in [4.69, 9.17) is 21.5 Å². The normalized spacial score (nSPS) is 14.6. The van der Waals surface area contributed by atoms with Crippen LogP contribution in [0.4, 0.5) is 0 Å². The van der Waals surface area contributed by atoms with Crippen molar-refractivity contribution in [2.45, 2.75) is 87.9 Å². The first-order chi connectivity index (χ1) is 24.3. The number of nitrogens with two attached hydrogens (primary N) is 1. The summed E-state index contributed by atoms with van der Waals surface area (Å²) in [6, 6.07) is 17.9. The molecule has 274 valence electrons. The number of aliphatic carboxylic acids is 1. The molecule has 4 rings (SSSR count). The van der Waals surface area contributed by atoms with Crippen molar-refractivity contribution in [3.8, 4) is 0 Å². The van der Waals surface area contributed by atoms with Crippen molar-refractivity contribution in [1.82, 2.24) is 15.5 Å². The van der Waals surface area contributed by atoms with Gasteiger partial charge in [-0.15, -0.1) is 0 Å². The van der Waals surface area contributed by atoms with E-state index in [0.29, 0.717) is 38.5 Å². The van der Waals surface area contributed by atoms with Crippen LogP contribution in [0.3, 0.4) is 0 Å². The van der Waals surface area contributed by atoms with Gasteiger partial charge in [0.05, 0.1) is 17.7 Å². The smallest absolute Gasteiger partial charge is 0.326 e. The molecule has 0 bridgehead atoms. The number of hydrogen-bond acceptors (Lipinski definition) is 8. The van der Waals surface area contributed by atoms with Gasteiger partial charge >= 0.3 is 11.9 Å². The molecule has 0 spiro atoms. The monoisotopic (exact) mass is 740 g/mol. The van der Waals surface area contributed by atoms with Gasteiger partial charge in [-0.1, -0.05) is 66.2 Å². The van der Waals surface area contributed by atoms with Gasteiger partial charge in [-0.3, -0.25) is 19.7 Å². The zero-order valence-electron chi connectivity index (χ0n) is 28.7. The number of primary sulfonamides is 1. The van der Waals surface area contributed by atoms with E-state index in [9.17, 15) is 32.7 Å². The number of carbonyl (C=O) groups is 4. The van der Waals surface area contributed by atoms with Crippen molar-refractivity contribution in [3.63, 3.8) is 0 Å². The summed E-state index contributed by atoms with van der Waals surface area (Å²) in [5.74, 6) is -2.62. The van der Waals surface area contributed by atoms with E-state index in [2.05, 4.69) is 10.6 Å². The Kier molecular flexibility index (Phi) is 14.1. The van der Waals surface area contributed by atoms with Gasteiger partial charge in [0.2, 0.25) is 15.9 Å². The van der Waals surface area contributed by atoms with Gasteiger partial charge in [-0.25, -0.2) is 18.4 Å². The first kappa shape index (κ1) is 39.5. The molecule has 14 heteroatoms. The number of unbranched alkanes of at least 4 members (excludes halogenated alkanes) is 1. The number of hydrogen-bond donors (Lipinski definition) is 4. The Morgan fingerprint density at radius 3 is 2.24 bits per heavy atom. The van der Waals surface area contributed by atoms with E-state index in [1.165, 1.54) is 17.0 Å². The number of carbonyl (C=O) groups excluding carboxylic acids is 3. The highest BCUT2D eigenvalue weighted by atomic mass is 35.5. The van der Waals surface area contributed by atoms with Crippen molar-refractivity contribution in [3.05, 3.63) is 100 Å². The number of rotatable bonds is 18. The van der Waals surface area contributed by atoms with Gasteiger partial charge in [-0.05, 0) is 93.7 Å². The fourth-order valence-electron chi connectivity index (χ4n) is 6.40. The second-order valence-electron chi connectivity index (χ2n) is 12.6. The standard InChI is InChI=1S/C37H45ClN4O8S/c1-3-50-37(47)31(19-16-25-11-5-4-6-12-25)41-24(2)35(44)42(29-21-26-13-7-8-14-27(26)22-29)32(36(45)46)15-9-10-20-40-34(43)28-17-18-30(38)33(23-28)51(39,48)49/h4-8,11-14,17-18,23-24,29,31-32,41H,3,9-10,15-16,19-22H2,1-2H3,(H,40,43)(H,45,46)(H2,39,48,49)/t24-,31?,32+/m0/s1. The number of aryl methyl sites for hydroxylation is 1. The SMILES string of the molecule is CCOC(=O)C(CCc1ccccc1)N[C@@H](C)C(=O)N(C1Cc2ccccc2C1)[C@H](CCCCNC(=O)c1ccc(Cl)c(S(N)(=O)=O)c1)C(=O)O. The quantitative estimate of drug-likeness (QED) is 0.111. The van der Waals surface area contributed by atoms with Crippen molar-refractivity contribution in [2.75, 3.05) is 13.2 Å². The lowest BCUT2D eigenvalue weighted by Crippen LogP contribution is -2.58. The zero-order chi connectivity index (χ0) is 37.1. The Labute approximate surface area is 303 Å². The number of sulfonamides is 1. The third kappa shape index (κ3) is 10.8. The molecule has 1 aliphatic carbocycles. The summed E-state index contributed by atoms with van der Waals surface area (Å²) >= 11 is 5.92. The lowest BCUT2D eigenvalue weighted by atomic mass is 10.0. The largest absolute Gasteiger partial charge is 0.480 e. The fraction of sp³-hybridized carbons (Fsp3) is 0.405. The van der Waals surface area contributed by atoms with Gasteiger partial charge in [0.1, 0.15) is 17.0 Å². The summed E-state index contributed by atoms with van der Waals surface area (Å²) in [4.78, 5) is 53.9. The fourth-order valence-corrected chi connectivity index (χ4v) is 7.47. The average Bonchev–Trinajstić information content (AvgIpc) is 3.53. The number of fused-ring (bicyclic) bond motifs is 1. The molecule has 3 atom stereocenters. The molecular weight excluding hydrogens is 696 g/mol. The molecule has 1 unspecified atom stereocenters. The maximum atomic E-state index is 14.3. The molecule has 0 aromatic heterocycles. The lowest BCUT2D eigenvalue weighted by Gasteiger charge is -2.37. The summed E-state index contributed by atoms with van der Waals surface area (Å²) in [5, 5.41) is 21.4. The molecule has 5 N–H and O–H groups in total. The Morgan fingerprint density at radius 1 is 0.980 bits per heavy atom. The highest BCUT2D eigenvalue weighted by Gasteiger charge is 2.40. The number of carboxylic acids is 1. The highest BCUT2D eigenvalue weighted by Crippen LogP contribution is 2.29. The van der Waals surface area contributed by atoms with Crippen LogP contribution in [0.1, 0.15) is 66.6 Å². The van der Waals surface area contributed by atoms with Crippen LogP contribution in [0.15, 0.2) is 77.7 Å². The molecule has 2 amide bonds. The Balaban J connectivity index is 1.46. The van der Waals surface area contributed by atoms with Crippen molar-refractivity contribution in [1.29, 1.82) is 0 Å². The Hall–Kier alpha value is -4.30. The number of carboxylic acid groups (broad SMARTS) is 1. The molecule has 0 saturated heterocycles. The average molecular weight is 741 g/mol. The van der Waals surface area contributed by atoms with Gasteiger partial charge in [0.25, 0.3) is 5.91 Å². The van der Waals surface area contributed by atoms with Gasteiger partial charge in [0, 0.05) is 18.2 Å². The van der Waals surface area contributed by atoms with Crippen molar-refractivity contribution in [2.24, 2.45) is 5.14 Å². The van der Waals surface area contributed by atoms with Crippen molar-refractivity contribution >= 4 is 45.4 Å². The van der Waals surface area contributed by atoms with Crippen LogP contribution in [-0.4, -0.2) is 79.5 Å². The maximum Gasteiger partial charge on any atom is 0.326 e. The molecular formula is C37H45ClN4O8S. The number of ether oxygens (including phenoxy) is 1. The van der Waals surface area contributed by atoms with E-state index < -0.39 is 57.9 Å². The van der Waals surface area contributed by atoms with Crippen LogP contribution >= 0.6 is 11.6 Å². The van der Waals surface area contributed by atoms with E-state index in [1.807, 2.05) is 54.6 Å². The van der Waals surface area contributed by atoms with Gasteiger partial charge in [-0.2, -0.15) is 0 Å². The number of esters is 1. The third-order valence-electron chi connectivity index (χ3n) is 8.95. The molecule has 51 heavy (non-hydrogen) atoms. The predicted molar refractivity (Wildman–Crippen MR) is 193 cm³/mol. The van der Waals surface area contributed by atoms with Crippen LogP contribution in [0.5, 0.6) is 0 Å². The summed E-state index contributed by atoms with van der Waals surface area (Å²) in [6.45, 7) is 3.70. The maximum absolute atomic E-state index is 14.3. The second kappa shape index (κ2) is 18.3. The van der Waals surface area contributed by atoms with Crippen LogP contribution in [0, 0.1) is 0 Å². The molecule has 1 aliphatic rings. The molecule has 3 aromatic carbocycles. The lowest BCUT2D eigenvalue weighted by molar-refractivity contribution is -0.154. The summed E-state index contributed by atoms with van der Waals surface area (Å²) < 4.78 is 28.9. The molecule has 0 fully saturated rings. The molecule has 0 aliphatic heterocycles. The minimum Gasteiger partial charge on any atom is -0.480 e. The number of halogens is 1. The van der Waals surface area contributed by atoms with Gasteiger partial charge in [0.15, 0.2) is 0 Å². The number of amides is 2.